The first kappa shape index (κ1) is 19.7. The van der Waals surface area contributed by atoms with E-state index in [0.29, 0.717) is 18.7 Å². The molecule has 9 heteroatoms. The van der Waals surface area contributed by atoms with E-state index in [4.69, 9.17) is 4.74 Å². The summed E-state index contributed by atoms with van der Waals surface area (Å²) < 4.78 is 8.18. The van der Waals surface area contributed by atoms with Crippen LogP contribution in [0.3, 0.4) is 0 Å². The fraction of sp³-hybridized carbons (Fsp3) is 0.611. The number of hydrogen-bond donors (Lipinski definition) is 2. The summed E-state index contributed by atoms with van der Waals surface area (Å²) in [6.07, 6.45) is 4.98. The number of pyridine rings is 1. The SMILES string of the molecule is Cn1cc(Br)c(OC2CCC(NC(=O)[C@@H]3CCCN3C(=O)O)CC2)cc1=O. The highest BCUT2D eigenvalue weighted by atomic mass is 79.9. The van der Waals surface area contributed by atoms with Gasteiger partial charge in [-0.1, -0.05) is 0 Å². The van der Waals surface area contributed by atoms with Crippen LogP contribution in [0.2, 0.25) is 0 Å². The Hall–Kier alpha value is -2.03. The van der Waals surface area contributed by atoms with E-state index in [9.17, 15) is 19.5 Å². The first-order valence-corrected chi connectivity index (χ1v) is 9.97. The van der Waals surface area contributed by atoms with Gasteiger partial charge in [0.2, 0.25) is 5.91 Å². The van der Waals surface area contributed by atoms with Crippen LogP contribution >= 0.6 is 15.9 Å². The molecule has 0 bridgehead atoms. The highest BCUT2D eigenvalue weighted by Crippen LogP contribution is 2.28. The number of nitrogens with zero attached hydrogens (tertiary/aromatic N) is 2. The molecule has 0 spiro atoms. The first-order valence-electron chi connectivity index (χ1n) is 9.18. The summed E-state index contributed by atoms with van der Waals surface area (Å²) in [7, 11) is 1.68. The number of nitrogens with one attached hydrogen (secondary N) is 1. The summed E-state index contributed by atoms with van der Waals surface area (Å²) in [5.41, 5.74) is -0.131. The Morgan fingerprint density at radius 3 is 2.63 bits per heavy atom. The summed E-state index contributed by atoms with van der Waals surface area (Å²) in [6.45, 7) is 0.416. The number of carbonyl (C=O) groups is 2. The monoisotopic (exact) mass is 441 g/mol. The molecule has 1 saturated heterocycles. The quantitative estimate of drug-likeness (QED) is 0.744. The number of amides is 2. The number of hydrogen-bond acceptors (Lipinski definition) is 4. The summed E-state index contributed by atoms with van der Waals surface area (Å²) in [4.78, 5) is 36.6. The van der Waals surface area contributed by atoms with Crippen LogP contribution in [0.15, 0.2) is 21.5 Å². The minimum atomic E-state index is -1.04. The predicted octanol–water partition coefficient (Wildman–Crippen LogP) is 2.10. The van der Waals surface area contributed by atoms with Crippen molar-refractivity contribution in [2.45, 2.75) is 56.7 Å². The smallest absolute Gasteiger partial charge is 0.407 e. The molecule has 1 saturated carbocycles. The van der Waals surface area contributed by atoms with Crippen LogP contribution in [0.4, 0.5) is 4.79 Å². The van der Waals surface area contributed by atoms with Crippen molar-refractivity contribution < 1.29 is 19.4 Å². The molecular formula is C18H24BrN3O5. The molecule has 148 valence electrons. The average molecular weight is 442 g/mol. The third-order valence-corrected chi connectivity index (χ3v) is 5.86. The molecule has 1 atom stereocenters. The van der Waals surface area contributed by atoms with Crippen molar-refractivity contribution in [1.82, 2.24) is 14.8 Å². The third-order valence-electron chi connectivity index (χ3n) is 5.26. The van der Waals surface area contributed by atoms with E-state index in [1.807, 2.05) is 0 Å². The highest BCUT2D eigenvalue weighted by Gasteiger charge is 2.35. The van der Waals surface area contributed by atoms with Crippen molar-refractivity contribution in [3.05, 3.63) is 27.1 Å². The number of aromatic nitrogens is 1. The van der Waals surface area contributed by atoms with Gasteiger partial charge in [0.05, 0.1) is 10.6 Å². The van der Waals surface area contributed by atoms with Gasteiger partial charge >= 0.3 is 6.09 Å². The molecule has 2 fully saturated rings. The van der Waals surface area contributed by atoms with Crippen LogP contribution in [0.1, 0.15) is 38.5 Å². The number of aryl methyl sites for hydroxylation is 1. The van der Waals surface area contributed by atoms with Gasteiger partial charge in [-0.25, -0.2) is 4.79 Å². The number of rotatable bonds is 4. The second-order valence-corrected chi connectivity index (χ2v) is 8.02. The highest BCUT2D eigenvalue weighted by molar-refractivity contribution is 9.10. The maximum absolute atomic E-state index is 12.4. The van der Waals surface area contributed by atoms with Crippen LogP contribution in [0, 0.1) is 0 Å². The molecule has 1 aliphatic carbocycles. The van der Waals surface area contributed by atoms with E-state index in [-0.39, 0.29) is 23.6 Å². The van der Waals surface area contributed by atoms with E-state index in [1.54, 1.807) is 13.2 Å². The molecule has 2 aliphatic rings. The Balaban J connectivity index is 1.50. The molecule has 1 aromatic rings. The van der Waals surface area contributed by atoms with Gasteiger partial charge in [-0.3, -0.25) is 14.5 Å². The third kappa shape index (κ3) is 4.63. The Labute approximate surface area is 165 Å². The fourth-order valence-corrected chi connectivity index (χ4v) is 4.26. The van der Waals surface area contributed by atoms with Gasteiger partial charge in [0.1, 0.15) is 11.8 Å². The lowest BCUT2D eigenvalue weighted by Crippen LogP contribution is -2.49. The lowest BCUT2D eigenvalue weighted by molar-refractivity contribution is -0.126. The van der Waals surface area contributed by atoms with Crippen molar-refractivity contribution in [3.8, 4) is 5.75 Å². The number of ether oxygens (including phenoxy) is 1. The molecular weight excluding hydrogens is 418 g/mol. The van der Waals surface area contributed by atoms with Crippen molar-refractivity contribution in [2.24, 2.45) is 7.05 Å². The standard InChI is InChI=1S/C18H24BrN3O5/c1-21-10-13(19)15(9-16(21)23)27-12-6-4-11(5-7-12)20-17(24)14-3-2-8-22(14)18(25)26/h9-12,14H,2-8H2,1H3,(H,20,24)(H,25,26)/t11?,12?,14-/m0/s1. The van der Waals surface area contributed by atoms with Gasteiger partial charge in [-0.15, -0.1) is 0 Å². The molecule has 0 aromatic carbocycles. The molecule has 2 heterocycles. The lowest BCUT2D eigenvalue weighted by Gasteiger charge is -2.31. The van der Waals surface area contributed by atoms with Crippen molar-refractivity contribution in [1.29, 1.82) is 0 Å². The normalized spacial score (nSPS) is 25.3. The van der Waals surface area contributed by atoms with Gasteiger partial charge < -0.3 is 19.7 Å². The molecule has 2 amide bonds. The average Bonchev–Trinajstić information content (AvgIpc) is 3.11. The Kier molecular flexibility index (Phi) is 6.08. The summed E-state index contributed by atoms with van der Waals surface area (Å²) >= 11 is 3.41. The van der Waals surface area contributed by atoms with Crippen LogP contribution in [0.5, 0.6) is 5.75 Å². The second-order valence-electron chi connectivity index (χ2n) is 7.17. The summed E-state index contributed by atoms with van der Waals surface area (Å²) in [5.74, 6) is 0.335. The van der Waals surface area contributed by atoms with E-state index >= 15 is 0 Å². The largest absolute Gasteiger partial charge is 0.489 e. The van der Waals surface area contributed by atoms with Crippen molar-refractivity contribution in [3.63, 3.8) is 0 Å². The predicted molar refractivity (Wildman–Crippen MR) is 102 cm³/mol. The lowest BCUT2D eigenvalue weighted by atomic mass is 9.92. The maximum atomic E-state index is 12.4. The zero-order chi connectivity index (χ0) is 19.6. The molecule has 8 nitrogen and oxygen atoms in total. The van der Waals surface area contributed by atoms with E-state index in [1.165, 1.54) is 15.5 Å². The van der Waals surface area contributed by atoms with Crippen LogP contribution in [-0.2, 0) is 11.8 Å². The van der Waals surface area contributed by atoms with Gasteiger partial charge in [0.25, 0.3) is 5.56 Å². The van der Waals surface area contributed by atoms with Gasteiger partial charge in [-0.05, 0) is 54.5 Å². The molecule has 27 heavy (non-hydrogen) atoms. The number of halogens is 1. The molecule has 1 aliphatic heterocycles. The van der Waals surface area contributed by atoms with Gasteiger partial charge in [0.15, 0.2) is 0 Å². The first-order chi connectivity index (χ1) is 12.8. The fourth-order valence-electron chi connectivity index (χ4n) is 3.74. The summed E-state index contributed by atoms with van der Waals surface area (Å²) in [5, 5.41) is 12.2. The van der Waals surface area contributed by atoms with Gasteiger partial charge in [-0.2, -0.15) is 0 Å². The summed E-state index contributed by atoms with van der Waals surface area (Å²) in [6, 6.07) is 0.923. The van der Waals surface area contributed by atoms with E-state index in [2.05, 4.69) is 21.2 Å². The Morgan fingerprint density at radius 1 is 1.26 bits per heavy atom. The Bertz CT molecular complexity index is 773. The number of likely N-dealkylation sites (tertiary alicyclic amines) is 1. The molecule has 2 N–H and O–H groups in total. The van der Waals surface area contributed by atoms with Crippen LogP contribution in [0.25, 0.3) is 0 Å². The Morgan fingerprint density at radius 2 is 1.96 bits per heavy atom. The van der Waals surface area contributed by atoms with Gasteiger partial charge in [0, 0.05) is 31.9 Å². The van der Waals surface area contributed by atoms with Crippen molar-refractivity contribution >= 4 is 27.9 Å². The van der Waals surface area contributed by atoms with E-state index < -0.39 is 12.1 Å². The van der Waals surface area contributed by atoms with E-state index in [0.717, 1.165) is 36.6 Å². The molecule has 3 rings (SSSR count). The number of carboxylic acid groups (broad SMARTS) is 1. The molecule has 0 radical (unpaired) electrons. The minimum absolute atomic E-state index is 0.0106. The zero-order valence-corrected chi connectivity index (χ0v) is 16.8. The molecule has 0 unspecified atom stereocenters. The second kappa shape index (κ2) is 8.33. The van der Waals surface area contributed by atoms with Crippen LogP contribution < -0.4 is 15.6 Å². The van der Waals surface area contributed by atoms with Crippen LogP contribution in [-0.4, -0.2) is 51.3 Å². The maximum Gasteiger partial charge on any atom is 0.407 e. The molecule has 1 aromatic heterocycles. The zero-order valence-electron chi connectivity index (χ0n) is 15.2. The minimum Gasteiger partial charge on any atom is -0.489 e. The van der Waals surface area contributed by atoms with Crippen molar-refractivity contribution in [2.75, 3.05) is 6.54 Å². The number of carbonyl (C=O) groups excluding carboxylic acids is 1. The topological polar surface area (TPSA) is 101 Å².